The molecule has 10 aromatic rings. The van der Waals surface area contributed by atoms with Crippen molar-refractivity contribution in [1.82, 2.24) is 19.9 Å². The lowest BCUT2D eigenvalue weighted by atomic mass is 10.00. The number of rotatable bonds is 6. The lowest BCUT2D eigenvalue weighted by Crippen LogP contribution is -1.85. The second-order valence-corrected chi connectivity index (χ2v) is 13.0. The van der Waals surface area contributed by atoms with E-state index in [0.717, 1.165) is 66.6 Å². The third kappa shape index (κ3) is 5.39. The van der Waals surface area contributed by atoms with Crippen LogP contribution in [0.5, 0.6) is 0 Å². The van der Waals surface area contributed by atoms with Crippen molar-refractivity contribution in [2.45, 2.75) is 0 Å². The number of nitrogens with zero attached hydrogens (tertiary/aromatic N) is 4. The third-order valence-electron chi connectivity index (χ3n) is 9.74. The summed E-state index contributed by atoms with van der Waals surface area (Å²) in [7, 11) is 0. The molecule has 2 N–H and O–H groups in total. The van der Waals surface area contributed by atoms with Gasteiger partial charge in [-0.15, -0.1) is 10.2 Å². The van der Waals surface area contributed by atoms with Gasteiger partial charge >= 0.3 is 0 Å². The summed E-state index contributed by atoms with van der Waals surface area (Å²) < 4.78 is 0. The normalized spacial score (nSPS) is 11.8. The largest absolute Gasteiger partial charge is 0.320 e. The van der Waals surface area contributed by atoms with Crippen molar-refractivity contribution in [3.8, 4) is 45.0 Å². The fourth-order valence-corrected chi connectivity index (χ4v) is 7.11. The van der Waals surface area contributed by atoms with Gasteiger partial charge in [0.1, 0.15) is 0 Å². The zero-order chi connectivity index (χ0) is 34.4. The van der Waals surface area contributed by atoms with Gasteiger partial charge in [0.2, 0.25) is 11.9 Å². The molecule has 6 heteroatoms. The highest BCUT2D eigenvalue weighted by atomic mass is 15.3. The first-order valence-corrected chi connectivity index (χ1v) is 17.3. The van der Waals surface area contributed by atoms with Crippen LogP contribution >= 0.6 is 0 Å². The van der Waals surface area contributed by atoms with Crippen molar-refractivity contribution in [3.63, 3.8) is 0 Å². The molecule has 10 rings (SSSR count). The first-order valence-electron chi connectivity index (χ1n) is 17.3. The SMILES string of the molecule is c1ccc2cc(-c3nc(/N=N/c4nc(-c5ccc6ccccc6c5)c(-c5ccc6ccccc6c5)[nH]4)[nH]c3-c3ccc4ccccc4c3)ccc2c1. The minimum atomic E-state index is 0.391. The van der Waals surface area contributed by atoms with Crippen molar-refractivity contribution in [2.24, 2.45) is 10.2 Å². The van der Waals surface area contributed by atoms with Crippen LogP contribution in [0.3, 0.4) is 0 Å². The molecule has 0 saturated carbocycles. The minimum absolute atomic E-state index is 0.391. The zero-order valence-corrected chi connectivity index (χ0v) is 28.0. The standard InChI is InChI=1S/C46H30N6/c1-5-13-33-25-37(21-17-29(33)9-1)41-42(38-22-18-30-10-2-6-14-34(30)26-38)48-45(47-41)51-52-46-49-43(39-23-19-31-11-3-7-15-35(31)27-39)44(50-46)40-24-20-32-12-4-8-16-36(32)28-40/h1-28H,(H,47,48)(H,49,50)/b52-51+. The number of H-pyrrole nitrogens is 2. The quantitative estimate of drug-likeness (QED) is 0.173. The molecule has 0 atom stereocenters. The van der Waals surface area contributed by atoms with E-state index in [1.165, 1.54) is 21.5 Å². The number of nitrogens with one attached hydrogen (secondary N) is 2. The highest BCUT2D eigenvalue weighted by molar-refractivity contribution is 5.94. The molecule has 52 heavy (non-hydrogen) atoms. The maximum absolute atomic E-state index is 5.02. The van der Waals surface area contributed by atoms with E-state index in [4.69, 9.17) is 9.97 Å². The van der Waals surface area contributed by atoms with Crippen LogP contribution in [0.1, 0.15) is 0 Å². The molecule has 0 aliphatic carbocycles. The van der Waals surface area contributed by atoms with Gasteiger partial charge in [0.25, 0.3) is 0 Å². The molecule has 6 nitrogen and oxygen atoms in total. The van der Waals surface area contributed by atoms with E-state index < -0.39 is 0 Å². The van der Waals surface area contributed by atoms with E-state index in [2.05, 4.69) is 190 Å². The topological polar surface area (TPSA) is 82.1 Å². The maximum atomic E-state index is 5.02. The van der Waals surface area contributed by atoms with E-state index in [9.17, 15) is 0 Å². The van der Waals surface area contributed by atoms with Gasteiger partial charge in [0.05, 0.1) is 22.8 Å². The van der Waals surface area contributed by atoms with Gasteiger partial charge in [0, 0.05) is 22.3 Å². The highest BCUT2D eigenvalue weighted by Crippen LogP contribution is 2.38. The first-order chi connectivity index (χ1) is 25.7. The fourth-order valence-electron chi connectivity index (χ4n) is 7.11. The van der Waals surface area contributed by atoms with Crippen LogP contribution in [0, 0.1) is 0 Å². The van der Waals surface area contributed by atoms with E-state index in [0.29, 0.717) is 11.9 Å². The van der Waals surface area contributed by atoms with Gasteiger partial charge in [-0.1, -0.05) is 146 Å². The molecule has 0 fully saturated rings. The predicted octanol–water partition coefficient (Wildman–Crippen LogP) is 12.8. The summed E-state index contributed by atoms with van der Waals surface area (Å²) in [6.07, 6.45) is 0. The minimum Gasteiger partial charge on any atom is -0.320 e. The summed E-state index contributed by atoms with van der Waals surface area (Å²) in [6, 6.07) is 59.2. The van der Waals surface area contributed by atoms with Crippen molar-refractivity contribution in [1.29, 1.82) is 0 Å². The number of fused-ring (bicyclic) bond motifs is 4. The molecule has 0 radical (unpaired) electrons. The van der Waals surface area contributed by atoms with Gasteiger partial charge in [0.15, 0.2) is 0 Å². The van der Waals surface area contributed by atoms with Gasteiger partial charge in [-0.2, -0.15) is 0 Å². The number of aromatic amines is 2. The van der Waals surface area contributed by atoms with Crippen LogP contribution in [-0.4, -0.2) is 19.9 Å². The number of hydrogen-bond donors (Lipinski definition) is 2. The van der Waals surface area contributed by atoms with Crippen molar-refractivity contribution in [2.75, 3.05) is 0 Å². The van der Waals surface area contributed by atoms with Crippen LogP contribution in [-0.2, 0) is 0 Å². The second-order valence-electron chi connectivity index (χ2n) is 13.0. The summed E-state index contributed by atoms with van der Waals surface area (Å²) in [5, 5.41) is 18.6. The molecule has 0 bridgehead atoms. The van der Waals surface area contributed by atoms with Crippen LogP contribution in [0.4, 0.5) is 11.9 Å². The Hall–Kier alpha value is -7.18. The molecule has 0 unspecified atom stereocenters. The van der Waals surface area contributed by atoms with E-state index in [-0.39, 0.29) is 0 Å². The lowest BCUT2D eigenvalue weighted by molar-refractivity contribution is 1.07. The van der Waals surface area contributed by atoms with Gasteiger partial charge in [-0.3, -0.25) is 0 Å². The molecule has 8 aromatic carbocycles. The number of benzene rings is 8. The molecule has 0 spiro atoms. The summed E-state index contributed by atoms with van der Waals surface area (Å²) in [4.78, 5) is 17.0. The lowest BCUT2D eigenvalue weighted by Gasteiger charge is -2.06. The number of aromatic nitrogens is 4. The summed E-state index contributed by atoms with van der Waals surface area (Å²) in [5.41, 5.74) is 7.40. The van der Waals surface area contributed by atoms with Crippen LogP contribution < -0.4 is 0 Å². The smallest absolute Gasteiger partial charge is 0.247 e. The number of azo groups is 1. The van der Waals surface area contributed by atoms with Gasteiger partial charge in [-0.25, -0.2) is 9.97 Å². The molecule has 244 valence electrons. The Balaban J connectivity index is 1.09. The summed E-state index contributed by atoms with van der Waals surface area (Å²) >= 11 is 0. The maximum Gasteiger partial charge on any atom is 0.247 e. The average molecular weight is 667 g/mol. The number of imidazole rings is 2. The molecule has 2 aromatic heterocycles. The molecule has 0 amide bonds. The monoisotopic (exact) mass is 666 g/mol. The Morgan fingerprint density at radius 2 is 0.596 bits per heavy atom. The van der Waals surface area contributed by atoms with Crippen LogP contribution in [0.2, 0.25) is 0 Å². The molecular formula is C46H30N6. The summed E-state index contributed by atoms with van der Waals surface area (Å²) in [6.45, 7) is 0. The molecule has 0 aliphatic rings. The van der Waals surface area contributed by atoms with Gasteiger partial charge in [-0.05, 0) is 67.4 Å². The van der Waals surface area contributed by atoms with Gasteiger partial charge < -0.3 is 9.97 Å². The molecule has 0 saturated heterocycles. The van der Waals surface area contributed by atoms with E-state index in [1.807, 2.05) is 0 Å². The Morgan fingerprint density at radius 3 is 0.942 bits per heavy atom. The molecule has 2 heterocycles. The Labute approximate surface area is 299 Å². The fraction of sp³-hybridized carbons (Fsp3) is 0. The van der Waals surface area contributed by atoms with Crippen LogP contribution in [0.15, 0.2) is 180 Å². The predicted molar refractivity (Wildman–Crippen MR) is 213 cm³/mol. The van der Waals surface area contributed by atoms with E-state index >= 15 is 0 Å². The van der Waals surface area contributed by atoms with Crippen molar-refractivity contribution >= 4 is 55.0 Å². The third-order valence-corrected chi connectivity index (χ3v) is 9.74. The Morgan fingerprint density at radius 1 is 0.308 bits per heavy atom. The van der Waals surface area contributed by atoms with Crippen LogP contribution in [0.25, 0.3) is 88.1 Å². The molecule has 0 aliphatic heterocycles. The van der Waals surface area contributed by atoms with Crippen molar-refractivity contribution < 1.29 is 0 Å². The first kappa shape index (κ1) is 29.7. The zero-order valence-electron chi connectivity index (χ0n) is 28.0. The second kappa shape index (κ2) is 12.3. The Kier molecular flexibility index (Phi) is 7.03. The number of hydrogen-bond acceptors (Lipinski definition) is 4. The average Bonchev–Trinajstić information content (AvgIpc) is 3.84. The molecular weight excluding hydrogens is 637 g/mol. The highest BCUT2D eigenvalue weighted by Gasteiger charge is 2.18. The Bertz CT molecular complexity index is 2590. The van der Waals surface area contributed by atoms with Crippen molar-refractivity contribution in [3.05, 3.63) is 170 Å². The van der Waals surface area contributed by atoms with E-state index in [1.54, 1.807) is 0 Å². The summed E-state index contributed by atoms with van der Waals surface area (Å²) in [5.74, 6) is 0.782.